The SMILES string of the molecule is COc1cc(C(=O)N2CC(C)(CCO)OCC2CF)cc2nc(NCc3cc(Cl)ccn3)oc12. The zero-order chi connectivity index (χ0) is 24.3. The number of aromatic nitrogens is 2. The van der Waals surface area contributed by atoms with Crippen LogP contribution in [0.15, 0.2) is 34.9 Å². The van der Waals surface area contributed by atoms with Crippen molar-refractivity contribution in [1.82, 2.24) is 14.9 Å². The monoisotopic (exact) mass is 492 g/mol. The third kappa shape index (κ3) is 5.08. The van der Waals surface area contributed by atoms with Gasteiger partial charge in [-0.05, 0) is 31.2 Å². The molecule has 3 aromatic rings. The number of rotatable bonds is 8. The van der Waals surface area contributed by atoms with Gasteiger partial charge in [0.25, 0.3) is 11.9 Å². The first-order valence-electron chi connectivity index (χ1n) is 10.8. The van der Waals surface area contributed by atoms with Gasteiger partial charge in [-0.25, -0.2) is 4.39 Å². The number of ether oxygens (including phenoxy) is 2. The predicted octanol–water partition coefficient (Wildman–Crippen LogP) is 3.45. The number of nitrogens with zero attached hydrogens (tertiary/aromatic N) is 3. The highest BCUT2D eigenvalue weighted by molar-refractivity contribution is 6.30. The lowest BCUT2D eigenvalue weighted by atomic mass is 9.97. The van der Waals surface area contributed by atoms with E-state index >= 15 is 0 Å². The number of hydrogen-bond acceptors (Lipinski definition) is 8. The Morgan fingerprint density at radius 1 is 1.44 bits per heavy atom. The third-order valence-corrected chi connectivity index (χ3v) is 6.01. The van der Waals surface area contributed by atoms with E-state index in [9.17, 15) is 14.3 Å². The summed E-state index contributed by atoms with van der Waals surface area (Å²) in [6.45, 7) is 1.49. The molecule has 0 spiro atoms. The van der Waals surface area contributed by atoms with Gasteiger partial charge in [0.15, 0.2) is 11.3 Å². The molecule has 3 heterocycles. The van der Waals surface area contributed by atoms with Crippen molar-refractivity contribution < 1.29 is 28.2 Å². The fraction of sp³-hybridized carbons (Fsp3) is 0.435. The second-order valence-electron chi connectivity index (χ2n) is 8.34. The second-order valence-corrected chi connectivity index (χ2v) is 8.78. The molecule has 4 rings (SSSR count). The molecule has 2 N–H and O–H groups in total. The van der Waals surface area contributed by atoms with Crippen LogP contribution in [0.4, 0.5) is 10.4 Å². The van der Waals surface area contributed by atoms with Crippen LogP contribution in [-0.2, 0) is 11.3 Å². The highest BCUT2D eigenvalue weighted by Gasteiger charge is 2.39. The molecule has 1 aliphatic rings. The Balaban J connectivity index is 1.60. The number of amides is 1. The molecular weight excluding hydrogens is 467 g/mol. The van der Waals surface area contributed by atoms with E-state index in [-0.39, 0.29) is 37.2 Å². The number of aliphatic hydroxyl groups excluding tert-OH is 1. The zero-order valence-electron chi connectivity index (χ0n) is 18.9. The summed E-state index contributed by atoms with van der Waals surface area (Å²) in [5.74, 6) is -0.0543. The largest absolute Gasteiger partial charge is 0.493 e. The average Bonchev–Trinajstić information content (AvgIpc) is 3.25. The molecule has 9 nitrogen and oxygen atoms in total. The second kappa shape index (κ2) is 10.1. The minimum atomic E-state index is -0.760. The molecular formula is C23H26ClFN4O5. The first kappa shape index (κ1) is 24.2. The lowest BCUT2D eigenvalue weighted by molar-refractivity contribution is -0.123. The van der Waals surface area contributed by atoms with Gasteiger partial charge in [0, 0.05) is 29.8 Å². The molecule has 11 heteroatoms. The maximum atomic E-state index is 13.7. The Morgan fingerprint density at radius 2 is 2.26 bits per heavy atom. The maximum Gasteiger partial charge on any atom is 0.296 e. The van der Waals surface area contributed by atoms with Gasteiger partial charge in [0.1, 0.15) is 12.2 Å². The van der Waals surface area contributed by atoms with Gasteiger partial charge in [0.05, 0.1) is 44.1 Å². The van der Waals surface area contributed by atoms with Crippen LogP contribution in [0.2, 0.25) is 5.02 Å². The molecule has 182 valence electrons. The van der Waals surface area contributed by atoms with Gasteiger partial charge in [0.2, 0.25) is 0 Å². The highest BCUT2D eigenvalue weighted by Crippen LogP contribution is 2.32. The number of methoxy groups -OCH3 is 1. The fourth-order valence-electron chi connectivity index (χ4n) is 3.91. The standard InChI is InChI=1S/C23H26ClFN4O5/c1-23(4-6-30)13-29(17(10-25)12-33-23)21(31)14-7-18-20(19(8-14)32-2)34-22(28-18)27-11-16-9-15(24)3-5-26-16/h3,5,7-9,17,30H,4,6,10-13H2,1-2H3,(H,27,28). The summed E-state index contributed by atoms with van der Waals surface area (Å²) in [4.78, 5) is 23.5. The van der Waals surface area contributed by atoms with Crippen molar-refractivity contribution in [3.63, 3.8) is 0 Å². The topological polar surface area (TPSA) is 110 Å². The van der Waals surface area contributed by atoms with Crippen molar-refractivity contribution in [3.8, 4) is 5.75 Å². The molecule has 34 heavy (non-hydrogen) atoms. The molecule has 1 amide bonds. The van der Waals surface area contributed by atoms with Crippen LogP contribution >= 0.6 is 11.6 Å². The van der Waals surface area contributed by atoms with Crippen LogP contribution in [0, 0.1) is 0 Å². The van der Waals surface area contributed by atoms with Crippen molar-refractivity contribution in [1.29, 1.82) is 0 Å². The Labute approximate surface area is 200 Å². The summed E-state index contributed by atoms with van der Waals surface area (Å²) >= 11 is 5.99. The van der Waals surface area contributed by atoms with E-state index in [2.05, 4.69) is 15.3 Å². The first-order chi connectivity index (χ1) is 16.4. The minimum Gasteiger partial charge on any atom is -0.493 e. The van der Waals surface area contributed by atoms with E-state index in [0.29, 0.717) is 40.5 Å². The van der Waals surface area contributed by atoms with Crippen molar-refractivity contribution in [2.75, 3.05) is 38.9 Å². The summed E-state index contributed by atoms with van der Waals surface area (Å²) in [7, 11) is 1.46. The Morgan fingerprint density at radius 3 is 2.97 bits per heavy atom. The van der Waals surface area contributed by atoms with Crippen LogP contribution < -0.4 is 10.1 Å². The van der Waals surface area contributed by atoms with Gasteiger partial charge >= 0.3 is 0 Å². The number of hydrogen-bond donors (Lipinski definition) is 2. The van der Waals surface area contributed by atoms with E-state index in [1.807, 2.05) is 0 Å². The van der Waals surface area contributed by atoms with Crippen molar-refractivity contribution in [2.45, 2.75) is 31.5 Å². The number of alkyl halides is 1. The van der Waals surface area contributed by atoms with Gasteiger partial charge in [-0.3, -0.25) is 9.78 Å². The third-order valence-electron chi connectivity index (χ3n) is 5.77. The number of anilines is 1. The van der Waals surface area contributed by atoms with Crippen molar-refractivity contribution >= 4 is 34.6 Å². The minimum absolute atomic E-state index is 0.0493. The Kier molecular flexibility index (Phi) is 7.20. The molecule has 1 aliphatic heterocycles. The summed E-state index contributed by atoms with van der Waals surface area (Å²) in [6.07, 6.45) is 1.94. The van der Waals surface area contributed by atoms with Crippen LogP contribution in [0.25, 0.3) is 11.1 Å². The lowest BCUT2D eigenvalue weighted by Gasteiger charge is -2.44. The first-order valence-corrected chi connectivity index (χ1v) is 11.2. The number of morpholine rings is 1. The van der Waals surface area contributed by atoms with E-state index in [4.69, 9.17) is 25.5 Å². The van der Waals surface area contributed by atoms with Crippen LogP contribution in [0.3, 0.4) is 0 Å². The summed E-state index contributed by atoms with van der Waals surface area (Å²) in [5, 5.41) is 13.0. The van der Waals surface area contributed by atoms with E-state index in [1.165, 1.54) is 12.0 Å². The van der Waals surface area contributed by atoms with E-state index in [1.54, 1.807) is 37.4 Å². The quantitative estimate of drug-likeness (QED) is 0.492. The molecule has 1 fully saturated rings. The molecule has 0 bridgehead atoms. The van der Waals surface area contributed by atoms with Crippen LogP contribution in [-0.4, -0.2) is 71.1 Å². The molecule has 2 atom stereocenters. The van der Waals surface area contributed by atoms with Crippen LogP contribution in [0.1, 0.15) is 29.4 Å². The zero-order valence-corrected chi connectivity index (χ0v) is 19.6. The average molecular weight is 493 g/mol. The van der Waals surface area contributed by atoms with Gasteiger partial charge in [-0.15, -0.1) is 0 Å². The Hall–Kier alpha value is -2.95. The maximum absolute atomic E-state index is 13.7. The summed E-state index contributed by atoms with van der Waals surface area (Å²) < 4.78 is 30.7. The number of nitrogens with one attached hydrogen (secondary N) is 1. The molecule has 0 saturated carbocycles. The number of halogens is 2. The molecule has 0 radical (unpaired) electrons. The predicted molar refractivity (Wildman–Crippen MR) is 124 cm³/mol. The summed E-state index contributed by atoms with van der Waals surface area (Å²) in [6, 6.07) is 6.04. The van der Waals surface area contributed by atoms with Gasteiger partial charge in [-0.2, -0.15) is 4.98 Å². The van der Waals surface area contributed by atoms with Gasteiger partial charge in [-0.1, -0.05) is 11.6 Å². The number of fused-ring (bicyclic) bond motifs is 1. The molecule has 2 aromatic heterocycles. The smallest absolute Gasteiger partial charge is 0.296 e. The number of carbonyl (C=O) groups excluding carboxylic acids is 1. The lowest BCUT2D eigenvalue weighted by Crippen LogP contribution is -2.58. The molecule has 0 aliphatic carbocycles. The number of pyridine rings is 1. The van der Waals surface area contributed by atoms with Gasteiger partial charge < -0.3 is 29.2 Å². The molecule has 2 unspecified atom stereocenters. The van der Waals surface area contributed by atoms with E-state index in [0.717, 1.165) is 0 Å². The fourth-order valence-corrected chi connectivity index (χ4v) is 4.09. The number of benzene rings is 1. The molecule has 1 aromatic carbocycles. The van der Waals surface area contributed by atoms with Crippen molar-refractivity contribution in [3.05, 3.63) is 46.7 Å². The van der Waals surface area contributed by atoms with Crippen molar-refractivity contribution in [2.24, 2.45) is 0 Å². The highest BCUT2D eigenvalue weighted by atomic mass is 35.5. The summed E-state index contributed by atoms with van der Waals surface area (Å²) in [5.41, 5.74) is 1.01. The number of aliphatic hydroxyl groups is 1. The Bertz CT molecular complexity index is 1180. The number of oxazole rings is 1. The van der Waals surface area contributed by atoms with Crippen LogP contribution in [0.5, 0.6) is 5.75 Å². The van der Waals surface area contributed by atoms with E-state index < -0.39 is 18.3 Å². The number of carbonyl (C=O) groups is 1. The molecule has 1 saturated heterocycles. The normalized spacial score (nSPS) is 20.5.